The Morgan fingerprint density at radius 3 is 1.15 bits per heavy atom. The molecule has 0 aliphatic heterocycles. The van der Waals surface area contributed by atoms with E-state index in [1.807, 2.05) is 48.5 Å². The molecule has 0 saturated heterocycles. The fraction of sp³-hybridized carbons (Fsp3) is 0.0833. The first-order valence-corrected chi connectivity index (χ1v) is 8.70. The van der Waals surface area contributed by atoms with Crippen molar-refractivity contribution < 1.29 is 0 Å². The summed E-state index contributed by atoms with van der Waals surface area (Å²) in [5.74, 6) is 0. The number of benzene rings is 3. The van der Waals surface area contributed by atoms with Crippen molar-refractivity contribution in [2.24, 2.45) is 0 Å². The summed E-state index contributed by atoms with van der Waals surface area (Å²) in [6.07, 6.45) is 4.34. The highest BCUT2D eigenvalue weighted by atomic mass is 14.5. The molecule has 0 unspecified atom stereocenters. The molecule has 0 aliphatic carbocycles. The van der Waals surface area contributed by atoms with Crippen LogP contribution in [0.25, 0.3) is 23.3 Å². The van der Waals surface area contributed by atoms with Crippen molar-refractivity contribution in [1.82, 2.24) is 0 Å². The molecule has 3 rings (SSSR count). The second kappa shape index (κ2) is 7.75. The number of allylic oxidation sites excluding steroid dienone is 2. The molecular formula is C24H24N2. The topological polar surface area (TPSA) is 52.0 Å². The maximum Gasteiger partial charge on any atom is 0.0314 e. The van der Waals surface area contributed by atoms with Gasteiger partial charge in [0.05, 0.1) is 0 Å². The Bertz CT molecular complexity index is 849. The van der Waals surface area contributed by atoms with Gasteiger partial charge in [-0.25, -0.2) is 0 Å². The Morgan fingerprint density at radius 1 is 0.538 bits per heavy atom. The number of rotatable bonds is 4. The number of nitrogen functional groups attached to an aromatic ring is 2. The molecule has 0 saturated carbocycles. The van der Waals surface area contributed by atoms with Crippen molar-refractivity contribution in [3.8, 4) is 0 Å². The lowest BCUT2D eigenvalue weighted by molar-refractivity contribution is 1.52. The zero-order valence-corrected chi connectivity index (χ0v) is 15.2. The van der Waals surface area contributed by atoms with Gasteiger partial charge in [0.2, 0.25) is 0 Å². The molecule has 0 fully saturated rings. The maximum absolute atomic E-state index is 5.74. The predicted molar refractivity (Wildman–Crippen MR) is 115 cm³/mol. The van der Waals surface area contributed by atoms with E-state index < -0.39 is 0 Å². The molecule has 0 amide bonds. The molecule has 0 bridgehead atoms. The summed E-state index contributed by atoms with van der Waals surface area (Å²) in [6.45, 7) is 4.25. The Hall–Kier alpha value is -3.26. The average Bonchev–Trinajstić information content (AvgIpc) is 2.65. The number of hydrogen-bond donors (Lipinski definition) is 2. The lowest BCUT2D eigenvalue weighted by atomic mass is 9.99. The molecule has 0 atom stereocenters. The summed E-state index contributed by atoms with van der Waals surface area (Å²) < 4.78 is 0. The van der Waals surface area contributed by atoms with Crippen molar-refractivity contribution in [1.29, 1.82) is 0 Å². The highest BCUT2D eigenvalue weighted by molar-refractivity contribution is 5.83. The Labute approximate surface area is 155 Å². The van der Waals surface area contributed by atoms with Gasteiger partial charge in [-0.3, -0.25) is 0 Å². The van der Waals surface area contributed by atoms with Gasteiger partial charge in [-0.2, -0.15) is 0 Å². The first kappa shape index (κ1) is 17.6. The van der Waals surface area contributed by atoms with Gasteiger partial charge < -0.3 is 11.5 Å². The third-order valence-electron chi connectivity index (χ3n) is 4.43. The third kappa shape index (κ3) is 4.42. The first-order valence-electron chi connectivity index (χ1n) is 8.70. The van der Waals surface area contributed by atoms with E-state index in [1.54, 1.807) is 0 Å². The van der Waals surface area contributed by atoms with Crippen molar-refractivity contribution in [2.75, 3.05) is 11.5 Å². The van der Waals surface area contributed by atoms with Crippen molar-refractivity contribution in [3.05, 3.63) is 95.1 Å². The molecular weight excluding hydrogens is 316 g/mol. The molecule has 2 heteroatoms. The summed E-state index contributed by atoms with van der Waals surface area (Å²) in [6, 6.07) is 24.5. The molecule has 2 nitrogen and oxygen atoms in total. The minimum Gasteiger partial charge on any atom is -0.399 e. The van der Waals surface area contributed by atoms with E-state index in [2.05, 4.69) is 50.3 Å². The van der Waals surface area contributed by atoms with Crippen LogP contribution >= 0.6 is 0 Å². The molecule has 26 heavy (non-hydrogen) atoms. The standard InChI is InChI=1S/C24H24N2/c1-17(15-19-3-11-23(25)12-4-19)21-7-9-22(10-8-21)18(2)16-20-5-13-24(26)14-6-20/h3-16H,25-26H2,1-2H3. The quantitative estimate of drug-likeness (QED) is 0.454. The van der Waals surface area contributed by atoms with Gasteiger partial charge in [-0.1, -0.05) is 60.7 Å². The van der Waals surface area contributed by atoms with Gasteiger partial charge in [-0.05, 0) is 71.5 Å². The van der Waals surface area contributed by atoms with Crippen LogP contribution in [0.1, 0.15) is 36.1 Å². The molecule has 0 radical (unpaired) electrons. The largest absolute Gasteiger partial charge is 0.399 e. The maximum atomic E-state index is 5.74. The Balaban J connectivity index is 1.79. The predicted octanol–water partition coefficient (Wildman–Crippen LogP) is 5.97. The van der Waals surface area contributed by atoms with Crippen LogP contribution in [-0.2, 0) is 0 Å². The SMILES string of the molecule is CC(=Cc1ccc(N)cc1)c1ccc(C(C)=Cc2ccc(N)cc2)cc1. The van der Waals surface area contributed by atoms with E-state index in [1.165, 1.54) is 22.3 Å². The van der Waals surface area contributed by atoms with E-state index in [9.17, 15) is 0 Å². The highest BCUT2D eigenvalue weighted by Crippen LogP contribution is 2.23. The van der Waals surface area contributed by atoms with Crippen molar-refractivity contribution in [3.63, 3.8) is 0 Å². The van der Waals surface area contributed by atoms with Crippen LogP contribution in [0.15, 0.2) is 72.8 Å². The van der Waals surface area contributed by atoms with Crippen molar-refractivity contribution >= 4 is 34.7 Å². The minimum atomic E-state index is 0.785. The first-order chi connectivity index (χ1) is 12.5. The smallest absolute Gasteiger partial charge is 0.0314 e. The fourth-order valence-electron chi connectivity index (χ4n) is 2.85. The summed E-state index contributed by atoms with van der Waals surface area (Å²) in [7, 11) is 0. The van der Waals surface area contributed by atoms with Crippen molar-refractivity contribution in [2.45, 2.75) is 13.8 Å². The molecule has 0 spiro atoms. The molecule has 0 aliphatic rings. The van der Waals surface area contributed by atoms with E-state index in [0.717, 1.165) is 22.5 Å². The van der Waals surface area contributed by atoms with Gasteiger partial charge in [0.15, 0.2) is 0 Å². The van der Waals surface area contributed by atoms with Crippen LogP contribution in [0.2, 0.25) is 0 Å². The van der Waals surface area contributed by atoms with Gasteiger partial charge in [0.1, 0.15) is 0 Å². The molecule has 130 valence electrons. The zero-order chi connectivity index (χ0) is 18.5. The summed E-state index contributed by atoms with van der Waals surface area (Å²) in [5.41, 5.74) is 20.2. The highest BCUT2D eigenvalue weighted by Gasteiger charge is 2.00. The number of anilines is 2. The monoisotopic (exact) mass is 340 g/mol. The Morgan fingerprint density at radius 2 is 0.846 bits per heavy atom. The zero-order valence-electron chi connectivity index (χ0n) is 15.2. The van der Waals surface area contributed by atoms with Crippen LogP contribution in [0.4, 0.5) is 11.4 Å². The lowest BCUT2D eigenvalue weighted by Crippen LogP contribution is -1.86. The van der Waals surface area contributed by atoms with Gasteiger partial charge in [-0.15, -0.1) is 0 Å². The van der Waals surface area contributed by atoms with Gasteiger partial charge in [0, 0.05) is 11.4 Å². The summed E-state index contributed by atoms with van der Waals surface area (Å²) in [5, 5.41) is 0. The van der Waals surface area contributed by atoms with Crippen LogP contribution in [-0.4, -0.2) is 0 Å². The van der Waals surface area contributed by atoms with E-state index in [0.29, 0.717) is 0 Å². The van der Waals surface area contributed by atoms with Crippen LogP contribution < -0.4 is 11.5 Å². The second-order valence-corrected chi connectivity index (χ2v) is 6.57. The normalized spacial score (nSPS) is 12.2. The molecule has 3 aromatic carbocycles. The molecule has 0 aromatic heterocycles. The van der Waals surface area contributed by atoms with E-state index in [-0.39, 0.29) is 0 Å². The fourth-order valence-corrected chi connectivity index (χ4v) is 2.85. The Kier molecular flexibility index (Phi) is 5.23. The molecule has 0 heterocycles. The number of nitrogens with two attached hydrogens (primary N) is 2. The second-order valence-electron chi connectivity index (χ2n) is 6.57. The molecule has 3 aromatic rings. The average molecular weight is 340 g/mol. The van der Waals surface area contributed by atoms with Crippen LogP contribution in [0.5, 0.6) is 0 Å². The van der Waals surface area contributed by atoms with Crippen LogP contribution in [0.3, 0.4) is 0 Å². The van der Waals surface area contributed by atoms with Gasteiger partial charge >= 0.3 is 0 Å². The number of hydrogen-bond acceptors (Lipinski definition) is 2. The summed E-state index contributed by atoms with van der Waals surface area (Å²) in [4.78, 5) is 0. The van der Waals surface area contributed by atoms with E-state index >= 15 is 0 Å². The lowest BCUT2D eigenvalue weighted by Gasteiger charge is -2.06. The minimum absolute atomic E-state index is 0.785. The van der Waals surface area contributed by atoms with Crippen LogP contribution in [0, 0.1) is 0 Å². The molecule has 4 N–H and O–H groups in total. The third-order valence-corrected chi connectivity index (χ3v) is 4.43. The van der Waals surface area contributed by atoms with Gasteiger partial charge in [0.25, 0.3) is 0 Å². The van der Waals surface area contributed by atoms with E-state index in [4.69, 9.17) is 11.5 Å². The summed E-state index contributed by atoms with van der Waals surface area (Å²) >= 11 is 0.